The highest BCUT2D eigenvalue weighted by molar-refractivity contribution is 5.89. The van der Waals surface area contributed by atoms with Crippen LogP contribution in [0.2, 0.25) is 0 Å². The van der Waals surface area contributed by atoms with Gasteiger partial charge in [0, 0.05) is 97.0 Å². The highest BCUT2D eigenvalue weighted by Crippen LogP contribution is 2.32. The van der Waals surface area contributed by atoms with Crippen molar-refractivity contribution in [3.05, 3.63) is 6.92 Å². The van der Waals surface area contributed by atoms with Gasteiger partial charge in [-0.1, -0.05) is 27.2 Å². The van der Waals surface area contributed by atoms with E-state index >= 15 is 0 Å². The normalized spacial score (nSPS) is 16.1. The average molecular weight is 885 g/mol. The van der Waals surface area contributed by atoms with Crippen LogP contribution in [0.15, 0.2) is 0 Å². The van der Waals surface area contributed by atoms with Gasteiger partial charge in [-0.3, -0.25) is 53.2 Å². The Morgan fingerprint density at radius 1 is 0.677 bits per heavy atom. The van der Waals surface area contributed by atoms with Gasteiger partial charge in [0.2, 0.25) is 23.6 Å². The van der Waals surface area contributed by atoms with Gasteiger partial charge >= 0.3 is 17.9 Å². The van der Waals surface area contributed by atoms with Crippen molar-refractivity contribution in [3.63, 3.8) is 0 Å². The Balaban J connectivity index is 2.97. The lowest BCUT2D eigenvalue weighted by atomic mass is 9.77. The van der Waals surface area contributed by atoms with Crippen molar-refractivity contribution in [2.45, 2.75) is 60.8 Å². The van der Waals surface area contributed by atoms with E-state index in [0.717, 1.165) is 12.8 Å². The number of amides is 4. The van der Waals surface area contributed by atoms with Crippen molar-refractivity contribution in [3.8, 4) is 0 Å². The van der Waals surface area contributed by atoms with Gasteiger partial charge in [-0.15, -0.1) is 0 Å². The minimum Gasteiger partial charge on any atom is -0.480 e. The van der Waals surface area contributed by atoms with Gasteiger partial charge in [0.15, 0.2) is 6.54 Å². The fourth-order valence-corrected chi connectivity index (χ4v) is 7.72. The molecule has 0 radical (unpaired) electrons. The SMILES string of the molecule is [CH2+]CN(CC)C(=O)CN(CC(=O)N(CC)CC)C(=O)COCC(CCC)(CNC(=O)CNCCN1CCN(CC(=O)O)CCN(CC(=O)O)CCN(CC(=O)O)CC1)CC(C)C. The van der Waals surface area contributed by atoms with Crippen molar-refractivity contribution in [2.75, 3.05) is 151 Å². The zero-order valence-electron chi connectivity index (χ0n) is 38.4. The molecule has 1 aliphatic rings. The van der Waals surface area contributed by atoms with Gasteiger partial charge in [0.1, 0.15) is 19.7 Å². The van der Waals surface area contributed by atoms with Gasteiger partial charge in [-0.25, -0.2) is 0 Å². The van der Waals surface area contributed by atoms with Crippen LogP contribution in [0.25, 0.3) is 0 Å². The quantitative estimate of drug-likeness (QED) is 0.0466. The predicted octanol–water partition coefficient (Wildman–Crippen LogP) is -0.604. The van der Waals surface area contributed by atoms with Crippen LogP contribution in [-0.4, -0.2) is 242 Å². The summed E-state index contributed by atoms with van der Waals surface area (Å²) < 4.78 is 6.09. The Morgan fingerprint density at radius 2 is 1.13 bits per heavy atom. The Morgan fingerprint density at radius 3 is 1.53 bits per heavy atom. The number of hydrogen-bond donors (Lipinski definition) is 5. The van der Waals surface area contributed by atoms with E-state index in [1.807, 2.05) is 27.7 Å². The van der Waals surface area contributed by atoms with Crippen LogP contribution in [0.4, 0.5) is 0 Å². The third-order valence-corrected chi connectivity index (χ3v) is 10.9. The number of aliphatic carboxylic acids is 3. The minimum atomic E-state index is -1.02. The number of likely N-dealkylation sites (N-methyl/N-ethyl adjacent to an activating group) is 2. The maximum Gasteiger partial charge on any atom is 0.317 e. The monoisotopic (exact) mass is 885 g/mol. The third-order valence-electron chi connectivity index (χ3n) is 10.9. The first-order valence-corrected chi connectivity index (χ1v) is 22.1. The molecular weight excluding hydrogens is 807 g/mol. The van der Waals surface area contributed by atoms with Gasteiger partial charge in [0.25, 0.3) is 0 Å². The van der Waals surface area contributed by atoms with Crippen LogP contribution >= 0.6 is 0 Å². The van der Waals surface area contributed by atoms with Crippen LogP contribution in [0.3, 0.4) is 0 Å². The Bertz CT molecular complexity index is 1330. The molecule has 1 atom stereocenters. The highest BCUT2D eigenvalue weighted by atomic mass is 16.5. The molecule has 356 valence electrons. The highest BCUT2D eigenvalue weighted by Gasteiger charge is 2.33. The van der Waals surface area contributed by atoms with E-state index < -0.39 is 29.2 Å². The standard InChI is InChI=1S/C42H77N9O11/c1-8-13-42(24-34(6)7,33-62-31-38(55)51(26-36(53)49(9-2)10-3)27-37(54)50(11-4)12-5)32-44-35(52)25-43-14-15-45-16-18-46(28-39(56)57)20-22-48(30-41(60)61)23-21-47(19-17-45)29-40(58)59/h34,43H,2,8-33H2,1,3-7H3,(H3-,44,52,56,57,58,59,60,61)/p+1. The summed E-state index contributed by atoms with van der Waals surface area (Å²) >= 11 is 0. The summed E-state index contributed by atoms with van der Waals surface area (Å²) in [6.45, 7) is 20.1. The summed E-state index contributed by atoms with van der Waals surface area (Å²) in [7, 11) is 0. The largest absolute Gasteiger partial charge is 0.480 e. The minimum absolute atomic E-state index is 0.0262. The molecule has 20 nitrogen and oxygen atoms in total. The fourth-order valence-electron chi connectivity index (χ4n) is 7.72. The molecule has 1 heterocycles. The molecule has 0 spiro atoms. The van der Waals surface area contributed by atoms with Gasteiger partial charge in [-0.2, -0.15) is 0 Å². The second kappa shape index (κ2) is 30.9. The first kappa shape index (κ1) is 55.9. The molecule has 5 N–H and O–H groups in total. The predicted molar refractivity (Wildman–Crippen MR) is 234 cm³/mol. The molecule has 0 aromatic carbocycles. The van der Waals surface area contributed by atoms with Crippen LogP contribution < -0.4 is 10.6 Å². The summed E-state index contributed by atoms with van der Waals surface area (Å²) in [5.74, 6) is -4.03. The molecule has 0 aliphatic carbocycles. The summed E-state index contributed by atoms with van der Waals surface area (Å²) in [6, 6.07) is 0. The lowest BCUT2D eigenvalue weighted by Gasteiger charge is -2.35. The first-order valence-electron chi connectivity index (χ1n) is 22.1. The summed E-state index contributed by atoms with van der Waals surface area (Å²) in [4.78, 5) is 99.2. The topological polar surface area (TPSA) is 236 Å². The van der Waals surface area contributed by atoms with Crippen molar-refractivity contribution in [2.24, 2.45) is 11.3 Å². The number of nitrogens with zero attached hydrogens (tertiary/aromatic N) is 7. The van der Waals surface area contributed by atoms with E-state index in [1.54, 1.807) is 19.6 Å². The zero-order valence-corrected chi connectivity index (χ0v) is 38.4. The summed E-state index contributed by atoms with van der Waals surface area (Å²) in [6.07, 6.45) is 2.24. The maximum absolute atomic E-state index is 13.6. The van der Waals surface area contributed by atoms with Crippen LogP contribution in [0.5, 0.6) is 0 Å². The number of ether oxygens (including phenoxy) is 1. The number of carboxylic acids is 3. The number of carboxylic acid groups (broad SMARTS) is 3. The molecule has 0 aromatic heterocycles. The summed E-state index contributed by atoms with van der Waals surface area (Å²) in [5.41, 5.74) is -0.489. The molecular formula is C42H78N9O11+. The zero-order chi connectivity index (χ0) is 46.7. The second-order valence-corrected chi connectivity index (χ2v) is 16.4. The van der Waals surface area contributed by atoms with Crippen molar-refractivity contribution >= 4 is 41.5 Å². The number of hydrogen-bond acceptors (Lipinski definition) is 13. The number of carbonyl (C=O) groups excluding carboxylic acids is 4. The molecule has 20 heteroatoms. The number of rotatable bonds is 29. The average Bonchev–Trinajstić information content (AvgIpc) is 3.19. The van der Waals surface area contributed by atoms with Crippen LogP contribution in [-0.2, 0) is 38.3 Å². The molecule has 0 bridgehead atoms. The van der Waals surface area contributed by atoms with Crippen molar-refractivity contribution in [1.29, 1.82) is 0 Å². The molecule has 0 aromatic rings. The molecule has 1 saturated heterocycles. The van der Waals surface area contributed by atoms with E-state index in [4.69, 9.17) is 4.74 Å². The van der Waals surface area contributed by atoms with Crippen molar-refractivity contribution in [1.82, 2.24) is 44.9 Å². The lowest BCUT2D eigenvalue weighted by Crippen LogP contribution is -2.49. The van der Waals surface area contributed by atoms with Gasteiger partial charge in [-0.05, 0) is 39.5 Å². The molecule has 1 rings (SSSR count). The molecule has 1 fully saturated rings. The van der Waals surface area contributed by atoms with E-state index in [0.29, 0.717) is 98.0 Å². The molecule has 4 amide bonds. The van der Waals surface area contributed by atoms with E-state index in [-0.39, 0.29) is 82.7 Å². The van der Waals surface area contributed by atoms with Gasteiger partial charge < -0.3 is 45.4 Å². The van der Waals surface area contributed by atoms with E-state index in [1.165, 1.54) is 9.80 Å². The van der Waals surface area contributed by atoms with E-state index in [9.17, 15) is 48.9 Å². The third kappa shape index (κ3) is 23.4. The molecule has 1 unspecified atom stereocenters. The summed E-state index contributed by atoms with van der Waals surface area (Å²) in [5, 5.41) is 34.7. The Hall–Kier alpha value is -4.08. The van der Waals surface area contributed by atoms with E-state index in [2.05, 4.69) is 36.3 Å². The Kier molecular flexibility index (Phi) is 27.9. The molecule has 62 heavy (non-hydrogen) atoms. The lowest BCUT2D eigenvalue weighted by molar-refractivity contribution is -0.148. The smallest absolute Gasteiger partial charge is 0.317 e. The van der Waals surface area contributed by atoms with Crippen molar-refractivity contribution < 1.29 is 53.6 Å². The molecule has 1 aliphatic heterocycles. The fraction of sp³-hybridized carbons (Fsp3) is 0.810. The van der Waals surface area contributed by atoms with Crippen LogP contribution in [0.1, 0.15) is 60.8 Å². The second-order valence-electron chi connectivity index (χ2n) is 16.4. The number of nitrogens with one attached hydrogen (secondary N) is 2. The van der Waals surface area contributed by atoms with Crippen LogP contribution in [0, 0.1) is 18.3 Å². The first-order chi connectivity index (χ1) is 29.4. The molecule has 0 saturated carbocycles. The Labute approximate surface area is 369 Å². The maximum atomic E-state index is 13.6. The number of carbonyl (C=O) groups is 7. The van der Waals surface area contributed by atoms with Gasteiger partial charge in [0.05, 0.1) is 39.7 Å².